The number of Topliss-reactive ketones (excluding diaryl/α,β-unsaturated/α-hetero) is 1. The van der Waals surface area contributed by atoms with Gasteiger partial charge in [0.1, 0.15) is 5.75 Å². The summed E-state index contributed by atoms with van der Waals surface area (Å²) in [5.74, 6) is 0.892. The Morgan fingerprint density at radius 2 is 2.18 bits per heavy atom. The van der Waals surface area contributed by atoms with Crippen molar-refractivity contribution < 1.29 is 9.53 Å². The molecule has 0 spiro atoms. The first kappa shape index (κ1) is 13.7. The maximum absolute atomic E-state index is 12.0. The van der Waals surface area contributed by atoms with Gasteiger partial charge in [-0.2, -0.15) is 0 Å². The van der Waals surface area contributed by atoms with Crippen molar-refractivity contribution in [2.24, 2.45) is 5.73 Å². The van der Waals surface area contributed by atoms with E-state index in [1.54, 1.807) is 7.11 Å². The zero-order valence-electron chi connectivity index (χ0n) is 10.8. The van der Waals surface area contributed by atoms with E-state index in [9.17, 15) is 4.79 Å². The molecule has 0 bridgehead atoms. The van der Waals surface area contributed by atoms with E-state index in [0.29, 0.717) is 6.42 Å². The highest BCUT2D eigenvalue weighted by Crippen LogP contribution is 2.18. The van der Waals surface area contributed by atoms with Crippen LogP contribution in [0.1, 0.15) is 42.1 Å². The number of ether oxygens (including phenoxy) is 1. The van der Waals surface area contributed by atoms with Crippen molar-refractivity contribution >= 4 is 5.78 Å². The van der Waals surface area contributed by atoms with E-state index in [1.807, 2.05) is 25.1 Å². The Hall–Kier alpha value is -1.35. The molecule has 0 amide bonds. The van der Waals surface area contributed by atoms with Crippen molar-refractivity contribution in [2.45, 2.75) is 39.2 Å². The molecule has 1 aromatic rings. The van der Waals surface area contributed by atoms with Crippen molar-refractivity contribution in [3.05, 3.63) is 29.3 Å². The second-order valence-corrected chi connectivity index (χ2v) is 4.36. The van der Waals surface area contributed by atoms with Crippen LogP contribution in [-0.2, 0) is 0 Å². The standard InChI is InChI=1S/C14H21NO2/c1-4-5-11(15)9-14(16)13-7-6-12(17-3)8-10(13)2/h6-8,11H,4-5,9,15H2,1-3H3. The number of rotatable bonds is 6. The number of hydrogen-bond donors (Lipinski definition) is 1. The van der Waals surface area contributed by atoms with Gasteiger partial charge in [-0.05, 0) is 37.1 Å². The highest BCUT2D eigenvalue weighted by atomic mass is 16.5. The van der Waals surface area contributed by atoms with E-state index < -0.39 is 0 Å². The summed E-state index contributed by atoms with van der Waals surface area (Å²) in [5.41, 5.74) is 7.57. The fourth-order valence-electron chi connectivity index (χ4n) is 1.90. The molecule has 0 heterocycles. The average molecular weight is 235 g/mol. The molecule has 1 atom stereocenters. The predicted octanol–water partition coefficient (Wildman–Crippen LogP) is 2.70. The van der Waals surface area contributed by atoms with Gasteiger partial charge in [0.2, 0.25) is 0 Å². The first-order valence-electron chi connectivity index (χ1n) is 6.02. The Morgan fingerprint density at radius 3 is 2.71 bits per heavy atom. The van der Waals surface area contributed by atoms with Crippen molar-refractivity contribution in [1.29, 1.82) is 0 Å². The number of carbonyl (C=O) groups is 1. The van der Waals surface area contributed by atoms with Crippen LogP contribution in [-0.4, -0.2) is 18.9 Å². The fourth-order valence-corrected chi connectivity index (χ4v) is 1.90. The van der Waals surface area contributed by atoms with Crippen LogP contribution in [0, 0.1) is 6.92 Å². The fraction of sp³-hybridized carbons (Fsp3) is 0.500. The molecule has 3 heteroatoms. The lowest BCUT2D eigenvalue weighted by Gasteiger charge is -2.11. The summed E-state index contributed by atoms with van der Waals surface area (Å²) in [6.07, 6.45) is 2.32. The van der Waals surface area contributed by atoms with Crippen LogP contribution in [0.2, 0.25) is 0 Å². The van der Waals surface area contributed by atoms with Gasteiger partial charge in [-0.3, -0.25) is 4.79 Å². The van der Waals surface area contributed by atoms with E-state index in [2.05, 4.69) is 6.92 Å². The molecule has 0 radical (unpaired) electrons. The van der Waals surface area contributed by atoms with Crippen LogP contribution in [0.3, 0.4) is 0 Å². The predicted molar refractivity (Wildman–Crippen MR) is 69.6 cm³/mol. The lowest BCUT2D eigenvalue weighted by atomic mass is 9.98. The second kappa shape index (κ2) is 6.40. The Balaban J connectivity index is 2.75. The maximum atomic E-state index is 12.0. The van der Waals surface area contributed by atoms with Crippen LogP contribution in [0.4, 0.5) is 0 Å². The lowest BCUT2D eigenvalue weighted by molar-refractivity contribution is 0.0972. The van der Waals surface area contributed by atoms with Gasteiger partial charge in [0.15, 0.2) is 5.78 Å². The monoisotopic (exact) mass is 235 g/mol. The van der Waals surface area contributed by atoms with E-state index in [0.717, 1.165) is 29.7 Å². The second-order valence-electron chi connectivity index (χ2n) is 4.36. The molecule has 0 aliphatic heterocycles. The van der Waals surface area contributed by atoms with Gasteiger partial charge in [-0.1, -0.05) is 13.3 Å². The van der Waals surface area contributed by atoms with Crippen molar-refractivity contribution in [3.8, 4) is 5.75 Å². The van der Waals surface area contributed by atoms with Gasteiger partial charge in [-0.25, -0.2) is 0 Å². The van der Waals surface area contributed by atoms with Gasteiger partial charge in [0.25, 0.3) is 0 Å². The number of benzene rings is 1. The summed E-state index contributed by atoms with van der Waals surface area (Å²) < 4.78 is 5.11. The normalized spacial score (nSPS) is 12.2. The summed E-state index contributed by atoms with van der Waals surface area (Å²) >= 11 is 0. The lowest BCUT2D eigenvalue weighted by Crippen LogP contribution is -2.23. The minimum Gasteiger partial charge on any atom is -0.497 e. The zero-order chi connectivity index (χ0) is 12.8. The van der Waals surface area contributed by atoms with Crippen molar-refractivity contribution in [3.63, 3.8) is 0 Å². The van der Waals surface area contributed by atoms with Crippen LogP contribution in [0.5, 0.6) is 5.75 Å². The molecule has 0 saturated carbocycles. The van der Waals surface area contributed by atoms with Gasteiger partial charge in [0, 0.05) is 18.0 Å². The SMILES string of the molecule is CCCC(N)CC(=O)c1ccc(OC)cc1C. The van der Waals surface area contributed by atoms with Crippen molar-refractivity contribution in [2.75, 3.05) is 7.11 Å². The topological polar surface area (TPSA) is 52.3 Å². The summed E-state index contributed by atoms with van der Waals surface area (Å²) in [5, 5.41) is 0. The molecule has 0 aliphatic rings. The van der Waals surface area contributed by atoms with Gasteiger partial charge in [0.05, 0.1) is 7.11 Å². The smallest absolute Gasteiger partial charge is 0.164 e. The minimum atomic E-state index is -0.0333. The Bertz CT molecular complexity index is 388. The molecule has 1 rings (SSSR count). The largest absolute Gasteiger partial charge is 0.497 e. The first-order chi connectivity index (χ1) is 8.08. The van der Waals surface area contributed by atoms with E-state index in [1.165, 1.54) is 0 Å². The molecule has 0 fully saturated rings. The molecule has 2 N–H and O–H groups in total. The zero-order valence-corrected chi connectivity index (χ0v) is 10.8. The molecule has 94 valence electrons. The van der Waals surface area contributed by atoms with Gasteiger partial charge >= 0.3 is 0 Å². The third-order valence-corrected chi connectivity index (χ3v) is 2.84. The number of hydrogen-bond acceptors (Lipinski definition) is 3. The maximum Gasteiger partial charge on any atom is 0.164 e. The number of nitrogens with two attached hydrogens (primary N) is 1. The molecule has 17 heavy (non-hydrogen) atoms. The minimum absolute atomic E-state index is 0.0333. The summed E-state index contributed by atoms with van der Waals surface area (Å²) in [6.45, 7) is 3.99. The van der Waals surface area contributed by atoms with Crippen LogP contribution in [0.25, 0.3) is 0 Å². The molecule has 0 aliphatic carbocycles. The van der Waals surface area contributed by atoms with Gasteiger partial charge in [-0.15, -0.1) is 0 Å². The van der Waals surface area contributed by atoms with E-state index in [4.69, 9.17) is 10.5 Å². The van der Waals surface area contributed by atoms with Gasteiger partial charge < -0.3 is 10.5 Å². The molecular formula is C14H21NO2. The summed E-state index contributed by atoms with van der Waals surface area (Å²) in [6, 6.07) is 5.47. The van der Waals surface area contributed by atoms with Crippen LogP contribution < -0.4 is 10.5 Å². The number of carbonyl (C=O) groups excluding carboxylic acids is 1. The quantitative estimate of drug-likeness (QED) is 0.771. The Labute approximate surface area is 103 Å². The summed E-state index contributed by atoms with van der Waals surface area (Å²) in [4.78, 5) is 12.0. The van der Waals surface area contributed by atoms with E-state index in [-0.39, 0.29) is 11.8 Å². The molecule has 3 nitrogen and oxygen atoms in total. The third-order valence-electron chi connectivity index (χ3n) is 2.84. The molecule has 1 unspecified atom stereocenters. The summed E-state index contributed by atoms with van der Waals surface area (Å²) in [7, 11) is 1.62. The number of ketones is 1. The average Bonchev–Trinajstić information content (AvgIpc) is 2.28. The highest BCUT2D eigenvalue weighted by Gasteiger charge is 2.13. The number of aryl methyl sites for hydroxylation is 1. The van der Waals surface area contributed by atoms with Crippen molar-refractivity contribution in [1.82, 2.24) is 0 Å². The molecular weight excluding hydrogens is 214 g/mol. The highest BCUT2D eigenvalue weighted by molar-refractivity contribution is 5.97. The Kier molecular flexibility index (Phi) is 5.16. The molecule has 0 saturated heterocycles. The first-order valence-corrected chi connectivity index (χ1v) is 6.02. The molecule has 0 aromatic heterocycles. The Morgan fingerprint density at radius 1 is 1.47 bits per heavy atom. The van der Waals surface area contributed by atoms with Crippen LogP contribution in [0.15, 0.2) is 18.2 Å². The molecule has 1 aromatic carbocycles. The third kappa shape index (κ3) is 3.86. The number of methoxy groups -OCH3 is 1. The van der Waals surface area contributed by atoms with E-state index >= 15 is 0 Å². The van der Waals surface area contributed by atoms with Crippen LogP contribution >= 0.6 is 0 Å².